The van der Waals surface area contributed by atoms with E-state index in [2.05, 4.69) is 21.2 Å². The second-order valence-electron chi connectivity index (χ2n) is 3.58. The molecule has 0 saturated heterocycles. The average molecular weight is 250 g/mol. The molecule has 0 spiro atoms. The summed E-state index contributed by atoms with van der Waals surface area (Å²) in [7, 11) is 0. The molecule has 0 atom stereocenters. The Morgan fingerprint density at radius 1 is 1.23 bits per heavy atom. The van der Waals surface area contributed by atoms with Crippen molar-refractivity contribution in [3.63, 3.8) is 0 Å². The van der Waals surface area contributed by atoms with Gasteiger partial charge in [0.2, 0.25) is 5.91 Å². The number of hydrogen-bond donors (Lipinski definition) is 1. The molecular weight excluding hydrogens is 230 g/mol. The molecule has 0 unspecified atom stereocenters. The van der Waals surface area contributed by atoms with Gasteiger partial charge in [-0.25, -0.2) is 0 Å². The van der Waals surface area contributed by atoms with Crippen molar-refractivity contribution in [1.29, 1.82) is 0 Å². The smallest absolute Gasteiger partial charge is 0.220 e. The van der Waals surface area contributed by atoms with Gasteiger partial charge in [0.15, 0.2) is 0 Å². The quantitative estimate of drug-likeness (QED) is 0.546. The Kier molecular flexibility index (Phi) is 8.51. The van der Waals surface area contributed by atoms with Crippen LogP contribution in [0.25, 0.3) is 0 Å². The van der Waals surface area contributed by atoms with Crippen molar-refractivity contribution in [1.82, 2.24) is 5.32 Å². The highest BCUT2D eigenvalue weighted by Crippen LogP contribution is 2.04. The molecule has 0 aliphatic heterocycles. The summed E-state index contributed by atoms with van der Waals surface area (Å²) in [6.07, 6.45) is 5.30. The summed E-state index contributed by atoms with van der Waals surface area (Å²) in [5, 5.41) is 3.96. The fraction of sp³-hybridized carbons (Fsp3) is 0.900. The van der Waals surface area contributed by atoms with E-state index in [-0.39, 0.29) is 11.9 Å². The Labute approximate surface area is 89.6 Å². The molecule has 0 aliphatic carbocycles. The van der Waals surface area contributed by atoms with Gasteiger partial charge in [0.25, 0.3) is 0 Å². The minimum absolute atomic E-state index is 0.189. The second kappa shape index (κ2) is 8.54. The van der Waals surface area contributed by atoms with Gasteiger partial charge < -0.3 is 5.32 Å². The van der Waals surface area contributed by atoms with Crippen molar-refractivity contribution in [2.75, 3.05) is 5.33 Å². The summed E-state index contributed by atoms with van der Waals surface area (Å²) >= 11 is 3.38. The SMILES string of the molecule is CC(C)NC(=O)CCCCCCBr. The van der Waals surface area contributed by atoms with Gasteiger partial charge in [-0.05, 0) is 26.7 Å². The van der Waals surface area contributed by atoms with Gasteiger partial charge in [-0.3, -0.25) is 4.79 Å². The zero-order valence-electron chi connectivity index (χ0n) is 8.61. The molecule has 2 nitrogen and oxygen atoms in total. The normalized spacial score (nSPS) is 10.5. The second-order valence-corrected chi connectivity index (χ2v) is 4.37. The Morgan fingerprint density at radius 2 is 1.85 bits per heavy atom. The van der Waals surface area contributed by atoms with Gasteiger partial charge >= 0.3 is 0 Å². The first-order valence-electron chi connectivity index (χ1n) is 5.02. The molecule has 0 saturated carbocycles. The minimum atomic E-state index is 0.189. The number of halogens is 1. The molecule has 0 aliphatic rings. The molecule has 13 heavy (non-hydrogen) atoms. The van der Waals surface area contributed by atoms with Crippen LogP contribution in [0.5, 0.6) is 0 Å². The lowest BCUT2D eigenvalue weighted by atomic mass is 10.1. The van der Waals surface area contributed by atoms with E-state index < -0.39 is 0 Å². The lowest BCUT2D eigenvalue weighted by Crippen LogP contribution is -2.29. The van der Waals surface area contributed by atoms with Crippen LogP contribution in [0.4, 0.5) is 0 Å². The van der Waals surface area contributed by atoms with Crippen molar-refractivity contribution in [2.45, 2.75) is 52.0 Å². The Balaban J connectivity index is 3.17. The molecule has 0 heterocycles. The van der Waals surface area contributed by atoms with Crippen LogP contribution in [-0.2, 0) is 4.79 Å². The van der Waals surface area contributed by atoms with Crippen molar-refractivity contribution in [2.24, 2.45) is 0 Å². The summed E-state index contributed by atoms with van der Waals surface area (Å²) in [4.78, 5) is 11.2. The lowest BCUT2D eigenvalue weighted by Gasteiger charge is -2.07. The van der Waals surface area contributed by atoms with Crippen LogP contribution in [0.2, 0.25) is 0 Å². The molecule has 78 valence electrons. The van der Waals surface area contributed by atoms with Crippen LogP contribution in [0.3, 0.4) is 0 Å². The summed E-state index contributed by atoms with van der Waals surface area (Å²) < 4.78 is 0. The molecule has 0 rings (SSSR count). The third-order valence-electron chi connectivity index (χ3n) is 1.74. The first-order valence-corrected chi connectivity index (χ1v) is 6.14. The Morgan fingerprint density at radius 3 is 2.38 bits per heavy atom. The highest BCUT2D eigenvalue weighted by molar-refractivity contribution is 9.09. The standard InChI is InChI=1S/C10H20BrNO/c1-9(2)12-10(13)7-5-3-4-6-8-11/h9H,3-8H2,1-2H3,(H,12,13). The summed E-state index contributed by atoms with van der Waals surface area (Å²) in [6.45, 7) is 3.98. The summed E-state index contributed by atoms with van der Waals surface area (Å²) in [5.74, 6) is 0.189. The average Bonchev–Trinajstić information content (AvgIpc) is 2.02. The van der Waals surface area contributed by atoms with Gasteiger partial charge in [0.1, 0.15) is 0 Å². The largest absolute Gasteiger partial charge is 0.354 e. The molecule has 1 amide bonds. The van der Waals surface area contributed by atoms with Crippen LogP contribution in [0, 0.1) is 0 Å². The lowest BCUT2D eigenvalue weighted by molar-refractivity contribution is -0.121. The molecule has 0 bridgehead atoms. The van der Waals surface area contributed by atoms with Crippen molar-refractivity contribution in [3.05, 3.63) is 0 Å². The van der Waals surface area contributed by atoms with Crippen LogP contribution in [0.15, 0.2) is 0 Å². The number of nitrogens with one attached hydrogen (secondary N) is 1. The molecule has 3 heteroatoms. The van der Waals surface area contributed by atoms with E-state index in [1.165, 1.54) is 12.8 Å². The maximum absolute atomic E-state index is 11.2. The van der Waals surface area contributed by atoms with E-state index in [1.807, 2.05) is 13.8 Å². The number of amides is 1. The molecule has 0 aromatic rings. The van der Waals surface area contributed by atoms with Crippen LogP contribution < -0.4 is 5.32 Å². The van der Waals surface area contributed by atoms with Crippen molar-refractivity contribution >= 4 is 21.8 Å². The predicted molar refractivity (Wildman–Crippen MR) is 60.2 cm³/mol. The van der Waals surface area contributed by atoms with Crippen LogP contribution in [-0.4, -0.2) is 17.3 Å². The van der Waals surface area contributed by atoms with Crippen LogP contribution in [0.1, 0.15) is 46.0 Å². The number of unbranched alkanes of at least 4 members (excludes halogenated alkanes) is 3. The number of carbonyl (C=O) groups excluding carboxylic acids is 1. The third kappa shape index (κ3) is 9.87. The zero-order valence-corrected chi connectivity index (χ0v) is 10.2. The first-order chi connectivity index (χ1) is 6.16. The molecule has 0 radical (unpaired) electrons. The Hall–Kier alpha value is -0.0500. The third-order valence-corrected chi connectivity index (χ3v) is 2.30. The maximum atomic E-state index is 11.2. The Bertz CT molecular complexity index is 137. The fourth-order valence-electron chi connectivity index (χ4n) is 1.13. The number of hydrogen-bond acceptors (Lipinski definition) is 1. The molecule has 1 N–H and O–H groups in total. The fourth-order valence-corrected chi connectivity index (χ4v) is 1.52. The van der Waals surface area contributed by atoms with E-state index in [0.29, 0.717) is 6.42 Å². The van der Waals surface area contributed by atoms with Gasteiger partial charge in [0, 0.05) is 17.8 Å². The molecule has 0 fully saturated rings. The molecular formula is C10H20BrNO. The predicted octanol–water partition coefficient (Wildman–Crippen LogP) is 2.86. The number of rotatable bonds is 7. The summed E-state index contributed by atoms with van der Waals surface area (Å²) in [5.41, 5.74) is 0. The number of alkyl halides is 1. The maximum Gasteiger partial charge on any atom is 0.220 e. The van der Waals surface area contributed by atoms with Gasteiger partial charge in [0.05, 0.1) is 0 Å². The summed E-state index contributed by atoms with van der Waals surface area (Å²) in [6, 6.07) is 0.273. The van der Waals surface area contributed by atoms with E-state index >= 15 is 0 Å². The van der Waals surface area contributed by atoms with Gasteiger partial charge in [-0.15, -0.1) is 0 Å². The van der Waals surface area contributed by atoms with Crippen LogP contribution >= 0.6 is 15.9 Å². The number of carbonyl (C=O) groups is 1. The minimum Gasteiger partial charge on any atom is -0.354 e. The van der Waals surface area contributed by atoms with Gasteiger partial charge in [-0.2, -0.15) is 0 Å². The van der Waals surface area contributed by atoms with Crippen molar-refractivity contribution in [3.8, 4) is 0 Å². The van der Waals surface area contributed by atoms with Gasteiger partial charge in [-0.1, -0.05) is 28.8 Å². The highest BCUT2D eigenvalue weighted by atomic mass is 79.9. The van der Waals surface area contributed by atoms with E-state index in [4.69, 9.17) is 0 Å². The van der Waals surface area contributed by atoms with E-state index in [9.17, 15) is 4.79 Å². The van der Waals surface area contributed by atoms with E-state index in [1.54, 1.807) is 0 Å². The highest BCUT2D eigenvalue weighted by Gasteiger charge is 2.01. The topological polar surface area (TPSA) is 29.1 Å². The van der Waals surface area contributed by atoms with E-state index in [0.717, 1.165) is 18.2 Å². The first kappa shape index (κ1) is 12.9. The monoisotopic (exact) mass is 249 g/mol. The zero-order chi connectivity index (χ0) is 10.1. The molecule has 0 aromatic carbocycles. The van der Waals surface area contributed by atoms with Crippen molar-refractivity contribution < 1.29 is 4.79 Å². The molecule has 0 aromatic heterocycles.